The molecule has 0 aliphatic carbocycles. The Morgan fingerprint density at radius 1 is 1.38 bits per heavy atom. The van der Waals surface area contributed by atoms with Gasteiger partial charge in [-0.2, -0.15) is 0 Å². The molecule has 0 saturated heterocycles. The van der Waals surface area contributed by atoms with Crippen molar-refractivity contribution >= 4 is 38.4 Å². The van der Waals surface area contributed by atoms with Gasteiger partial charge in [0.25, 0.3) is 0 Å². The Kier molecular flexibility index (Phi) is 2.14. The van der Waals surface area contributed by atoms with Gasteiger partial charge in [0, 0.05) is 6.07 Å². The van der Waals surface area contributed by atoms with Crippen LogP contribution in [0.4, 0.5) is 0 Å². The van der Waals surface area contributed by atoms with E-state index in [4.69, 9.17) is 11.6 Å². The second kappa shape index (κ2) is 3.16. The zero-order chi connectivity index (χ0) is 9.42. The summed E-state index contributed by atoms with van der Waals surface area (Å²) in [4.78, 5) is 14.5. The van der Waals surface area contributed by atoms with Crippen LogP contribution in [0, 0.1) is 0 Å². The number of benzene rings is 1. The van der Waals surface area contributed by atoms with Gasteiger partial charge in [-0.3, -0.25) is 4.79 Å². The molecule has 2 rings (SSSR count). The van der Waals surface area contributed by atoms with Gasteiger partial charge in [0.2, 0.25) is 0 Å². The van der Waals surface area contributed by atoms with Crippen LogP contribution in [0.5, 0.6) is 0 Å². The predicted octanol–water partition coefficient (Wildman–Crippen LogP) is 2.94. The molecule has 0 aliphatic rings. The van der Waals surface area contributed by atoms with E-state index < -0.39 is 0 Å². The summed E-state index contributed by atoms with van der Waals surface area (Å²) in [5.74, 6) is 0. The summed E-state index contributed by atoms with van der Waals surface area (Å²) < 4.78 is 0.660. The standard InChI is InChI=1S/C9H5BrClNO/c10-8-4-7(13)9-5(11)2-1-3-6(9)12-8/h1-4H,(H,12,13). The zero-order valence-corrected chi connectivity index (χ0v) is 8.82. The van der Waals surface area contributed by atoms with Gasteiger partial charge in [-0.25, -0.2) is 0 Å². The summed E-state index contributed by atoms with van der Waals surface area (Å²) in [5.41, 5.74) is 0.665. The summed E-state index contributed by atoms with van der Waals surface area (Å²) in [5, 5.41) is 1.01. The topological polar surface area (TPSA) is 32.9 Å². The molecule has 2 aromatic rings. The number of aromatic nitrogens is 1. The number of nitrogens with one attached hydrogen (secondary N) is 1. The third kappa shape index (κ3) is 1.49. The van der Waals surface area contributed by atoms with Crippen molar-refractivity contribution in [3.63, 3.8) is 0 Å². The first-order valence-corrected chi connectivity index (χ1v) is 4.82. The molecule has 1 N–H and O–H groups in total. The van der Waals surface area contributed by atoms with Crippen molar-refractivity contribution in [3.8, 4) is 0 Å². The number of rotatable bonds is 0. The van der Waals surface area contributed by atoms with Gasteiger partial charge >= 0.3 is 0 Å². The number of pyridine rings is 1. The van der Waals surface area contributed by atoms with Crippen LogP contribution in [0.3, 0.4) is 0 Å². The zero-order valence-electron chi connectivity index (χ0n) is 6.47. The van der Waals surface area contributed by atoms with E-state index in [1.54, 1.807) is 12.1 Å². The van der Waals surface area contributed by atoms with E-state index >= 15 is 0 Å². The molecule has 0 aliphatic heterocycles. The highest BCUT2D eigenvalue weighted by molar-refractivity contribution is 9.10. The minimum Gasteiger partial charge on any atom is -0.349 e. The van der Waals surface area contributed by atoms with Gasteiger partial charge in [0.1, 0.15) is 0 Å². The van der Waals surface area contributed by atoms with Crippen molar-refractivity contribution in [3.05, 3.63) is 44.1 Å². The normalized spacial score (nSPS) is 10.6. The van der Waals surface area contributed by atoms with Crippen LogP contribution in [0.2, 0.25) is 5.02 Å². The highest BCUT2D eigenvalue weighted by Gasteiger charge is 2.03. The quantitative estimate of drug-likeness (QED) is 0.724. The third-order valence-electron chi connectivity index (χ3n) is 1.77. The molecule has 1 heterocycles. The van der Waals surface area contributed by atoms with Gasteiger partial charge in [-0.15, -0.1) is 0 Å². The highest BCUT2D eigenvalue weighted by atomic mass is 79.9. The molecular weight excluding hydrogens is 253 g/mol. The van der Waals surface area contributed by atoms with Crippen molar-refractivity contribution in [1.82, 2.24) is 4.98 Å². The Hall–Kier alpha value is -0.800. The molecule has 0 unspecified atom stereocenters. The van der Waals surface area contributed by atoms with Crippen molar-refractivity contribution in [1.29, 1.82) is 0 Å². The average molecular weight is 259 g/mol. The first-order valence-electron chi connectivity index (χ1n) is 3.65. The van der Waals surface area contributed by atoms with Crippen LogP contribution in [-0.2, 0) is 0 Å². The summed E-state index contributed by atoms with van der Waals surface area (Å²) in [6.45, 7) is 0. The molecule has 0 radical (unpaired) electrons. The Balaban J connectivity index is 3.03. The van der Waals surface area contributed by atoms with Crippen LogP contribution in [0.15, 0.2) is 33.7 Å². The SMILES string of the molecule is O=c1cc(Br)[nH]c2cccc(Cl)c12. The summed E-state index contributed by atoms with van der Waals surface area (Å²) in [6.07, 6.45) is 0. The van der Waals surface area contributed by atoms with Crippen LogP contribution in [-0.4, -0.2) is 4.98 Å². The lowest BCUT2D eigenvalue weighted by Crippen LogP contribution is -2.01. The molecule has 0 bridgehead atoms. The molecule has 0 atom stereocenters. The maximum Gasteiger partial charge on any atom is 0.192 e. The summed E-state index contributed by atoms with van der Waals surface area (Å²) >= 11 is 9.09. The Morgan fingerprint density at radius 3 is 2.92 bits per heavy atom. The fraction of sp³-hybridized carbons (Fsp3) is 0. The minimum atomic E-state index is -0.0776. The smallest absolute Gasteiger partial charge is 0.192 e. The third-order valence-corrected chi connectivity index (χ3v) is 2.51. The van der Waals surface area contributed by atoms with Crippen molar-refractivity contribution in [2.24, 2.45) is 0 Å². The van der Waals surface area contributed by atoms with Crippen molar-refractivity contribution in [2.45, 2.75) is 0 Å². The van der Waals surface area contributed by atoms with Crippen LogP contribution in [0.25, 0.3) is 10.9 Å². The Labute approximate surface area is 87.7 Å². The van der Waals surface area contributed by atoms with Gasteiger partial charge < -0.3 is 4.98 Å². The van der Waals surface area contributed by atoms with Crippen LogP contribution in [0.1, 0.15) is 0 Å². The molecule has 4 heteroatoms. The first kappa shape index (κ1) is 8.78. The van der Waals surface area contributed by atoms with E-state index in [0.29, 0.717) is 15.0 Å². The summed E-state index contributed by atoms with van der Waals surface area (Å²) in [7, 11) is 0. The van der Waals surface area contributed by atoms with E-state index in [2.05, 4.69) is 20.9 Å². The van der Waals surface area contributed by atoms with E-state index in [1.165, 1.54) is 6.07 Å². The average Bonchev–Trinajstić information content (AvgIpc) is 2.02. The molecule has 66 valence electrons. The molecular formula is C9H5BrClNO. The fourth-order valence-corrected chi connectivity index (χ4v) is 1.92. The van der Waals surface area contributed by atoms with E-state index in [1.807, 2.05) is 6.07 Å². The number of fused-ring (bicyclic) bond motifs is 1. The number of hydrogen-bond donors (Lipinski definition) is 1. The molecule has 0 saturated carbocycles. The second-order valence-corrected chi connectivity index (χ2v) is 3.91. The largest absolute Gasteiger partial charge is 0.349 e. The molecule has 1 aromatic heterocycles. The number of H-pyrrole nitrogens is 1. The van der Waals surface area contributed by atoms with Crippen LogP contribution >= 0.6 is 27.5 Å². The minimum absolute atomic E-state index is 0.0776. The number of hydrogen-bond acceptors (Lipinski definition) is 1. The molecule has 1 aromatic carbocycles. The lowest BCUT2D eigenvalue weighted by Gasteiger charge is -1.99. The van der Waals surface area contributed by atoms with Crippen LogP contribution < -0.4 is 5.43 Å². The summed E-state index contributed by atoms with van der Waals surface area (Å²) in [6, 6.07) is 6.78. The van der Waals surface area contributed by atoms with E-state index in [9.17, 15) is 4.79 Å². The molecule has 0 amide bonds. The fourth-order valence-electron chi connectivity index (χ4n) is 1.23. The highest BCUT2D eigenvalue weighted by Crippen LogP contribution is 2.19. The second-order valence-electron chi connectivity index (χ2n) is 2.64. The molecule has 2 nitrogen and oxygen atoms in total. The Morgan fingerprint density at radius 2 is 2.15 bits per heavy atom. The van der Waals surface area contributed by atoms with E-state index in [0.717, 1.165) is 5.52 Å². The molecule has 13 heavy (non-hydrogen) atoms. The molecule has 0 fully saturated rings. The predicted molar refractivity (Wildman–Crippen MR) is 57.3 cm³/mol. The number of halogens is 2. The first-order chi connectivity index (χ1) is 6.18. The molecule has 0 spiro atoms. The van der Waals surface area contributed by atoms with Crippen molar-refractivity contribution in [2.75, 3.05) is 0 Å². The van der Waals surface area contributed by atoms with Gasteiger partial charge in [0.05, 0.1) is 20.5 Å². The number of aromatic amines is 1. The van der Waals surface area contributed by atoms with Gasteiger partial charge in [-0.1, -0.05) is 17.7 Å². The van der Waals surface area contributed by atoms with Crippen molar-refractivity contribution < 1.29 is 0 Å². The van der Waals surface area contributed by atoms with Gasteiger partial charge in [-0.05, 0) is 28.1 Å². The Bertz CT molecular complexity index is 520. The lowest BCUT2D eigenvalue weighted by atomic mass is 10.2. The lowest BCUT2D eigenvalue weighted by molar-refractivity contribution is 1.33. The monoisotopic (exact) mass is 257 g/mol. The maximum absolute atomic E-state index is 11.5. The van der Waals surface area contributed by atoms with Gasteiger partial charge in [0.15, 0.2) is 5.43 Å². The van der Waals surface area contributed by atoms with E-state index in [-0.39, 0.29) is 5.43 Å². The maximum atomic E-state index is 11.5.